The van der Waals surface area contributed by atoms with E-state index in [2.05, 4.69) is 30.1 Å². The molecule has 1 fully saturated rings. The number of benzene rings is 1. The van der Waals surface area contributed by atoms with Gasteiger partial charge in [-0.3, -0.25) is 14.7 Å². The van der Waals surface area contributed by atoms with Gasteiger partial charge in [-0.15, -0.1) is 5.10 Å². The van der Waals surface area contributed by atoms with Gasteiger partial charge in [0.2, 0.25) is 11.8 Å². The Labute approximate surface area is 242 Å². The molecule has 0 saturated carbocycles. The van der Waals surface area contributed by atoms with Crippen LogP contribution in [0.3, 0.4) is 0 Å². The number of nitrogens with zero attached hydrogens (tertiary/aromatic N) is 9. The third-order valence-electron chi connectivity index (χ3n) is 7.64. The van der Waals surface area contributed by atoms with Gasteiger partial charge in [-0.25, -0.2) is 9.37 Å². The number of hydrogen-bond donors (Lipinski definition) is 2. The van der Waals surface area contributed by atoms with Crippen LogP contribution in [0.2, 0.25) is 5.02 Å². The molecule has 0 radical (unpaired) electrons. The number of amides is 1. The Bertz CT molecular complexity index is 1990. The van der Waals surface area contributed by atoms with Crippen molar-refractivity contribution in [2.24, 2.45) is 5.73 Å². The highest BCUT2D eigenvalue weighted by Gasteiger charge is 2.27. The SMILES string of the molecule is Cc1noc2cc(F)c(N3CCN(CCn4c(C(N)=O)c(Cl)c5c4nc(N)n4nc(-c6ccccn6)nc54)CC3)cc12. The summed E-state index contributed by atoms with van der Waals surface area (Å²) in [6.07, 6.45) is 1.64. The van der Waals surface area contributed by atoms with E-state index in [0.29, 0.717) is 78.7 Å². The zero-order chi connectivity index (χ0) is 29.1. The van der Waals surface area contributed by atoms with Crippen LogP contribution < -0.4 is 16.4 Å². The summed E-state index contributed by atoms with van der Waals surface area (Å²) < 4.78 is 23.1. The maximum absolute atomic E-state index is 14.9. The van der Waals surface area contributed by atoms with Crippen LogP contribution in [0, 0.1) is 12.7 Å². The molecule has 7 rings (SSSR count). The molecule has 0 bridgehead atoms. The number of carbonyl (C=O) groups excluding carboxylic acids is 1. The molecule has 0 unspecified atom stereocenters. The lowest BCUT2D eigenvalue weighted by Gasteiger charge is -2.36. The number of anilines is 2. The van der Waals surface area contributed by atoms with Crippen molar-refractivity contribution in [2.75, 3.05) is 43.4 Å². The van der Waals surface area contributed by atoms with Crippen LogP contribution in [0.1, 0.15) is 16.2 Å². The van der Waals surface area contributed by atoms with Gasteiger partial charge in [-0.05, 0) is 25.1 Å². The Morgan fingerprint density at radius 1 is 1.12 bits per heavy atom. The molecule has 13 nitrogen and oxygen atoms in total. The van der Waals surface area contributed by atoms with E-state index in [1.807, 2.05) is 17.9 Å². The number of halogens is 2. The van der Waals surface area contributed by atoms with Gasteiger partial charge >= 0.3 is 0 Å². The summed E-state index contributed by atoms with van der Waals surface area (Å²) in [5.74, 6) is -0.622. The topological polar surface area (TPSA) is 163 Å². The fourth-order valence-corrected chi connectivity index (χ4v) is 5.87. The van der Waals surface area contributed by atoms with Crippen molar-refractivity contribution in [3.63, 3.8) is 0 Å². The molecule has 1 saturated heterocycles. The molecular weight excluding hydrogens is 565 g/mol. The second kappa shape index (κ2) is 9.92. The lowest BCUT2D eigenvalue weighted by Crippen LogP contribution is -2.47. The number of aromatic nitrogens is 7. The number of rotatable bonds is 6. The summed E-state index contributed by atoms with van der Waals surface area (Å²) in [7, 11) is 0. The second-order valence-corrected chi connectivity index (χ2v) is 10.5. The Morgan fingerprint density at radius 3 is 2.67 bits per heavy atom. The summed E-state index contributed by atoms with van der Waals surface area (Å²) in [5.41, 5.74) is 15.1. The molecule has 0 atom stereocenters. The zero-order valence-electron chi connectivity index (χ0n) is 22.5. The number of piperazine rings is 1. The molecule has 15 heteroatoms. The summed E-state index contributed by atoms with van der Waals surface area (Å²) in [6, 6.07) is 8.57. The summed E-state index contributed by atoms with van der Waals surface area (Å²) in [6.45, 7) is 5.35. The van der Waals surface area contributed by atoms with Crippen molar-refractivity contribution in [1.82, 2.24) is 39.2 Å². The van der Waals surface area contributed by atoms with Gasteiger partial charge in [0.05, 0.1) is 21.8 Å². The van der Waals surface area contributed by atoms with Crippen molar-refractivity contribution in [3.05, 3.63) is 58.8 Å². The number of aryl methyl sites for hydroxylation is 1. The maximum Gasteiger partial charge on any atom is 0.266 e. The van der Waals surface area contributed by atoms with E-state index in [0.717, 1.165) is 11.1 Å². The third-order valence-corrected chi connectivity index (χ3v) is 8.01. The van der Waals surface area contributed by atoms with Gasteiger partial charge in [-0.1, -0.05) is 22.8 Å². The van der Waals surface area contributed by atoms with Crippen molar-refractivity contribution >= 4 is 56.8 Å². The van der Waals surface area contributed by atoms with Crippen molar-refractivity contribution < 1.29 is 13.7 Å². The highest BCUT2D eigenvalue weighted by atomic mass is 35.5. The average Bonchev–Trinajstić information content (AvgIpc) is 3.66. The van der Waals surface area contributed by atoms with Crippen LogP contribution in [0.5, 0.6) is 0 Å². The molecule has 1 aliphatic heterocycles. The van der Waals surface area contributed by atoms with E-state index in [1.54, 1.807) is 29.0 Å². The average molecular weight is 590 g/mol. The first-order valence-electron chi connectivity index (χ1n) is 13.3. The highest BCUT2D eigenvalue weighted by Crippen LogP contribution is 2.34. The fourth-order valence-electron chi connectivity index (χ4n) is 5.51. The molecule has 6 heterocycles. The van der Waals surface area contributed by atoms with Crippen LogP contribution >= 0.6 is 11.6 Å². The minimum atomic E-state index is -0.695. The number of primary amides is 1. The molecule has 0 spiro atoms. The van der Waals surface area contributed by atoms with Gasteiger partial charge < -0.3 is 25.5 Å². The number of nitrogens with two attached hydrogens (primary N) is 2. The van der Waals surface area contributed by atoms with Gasteiger partial charge in [0.1, 0.15) is 22.9 Å². The normalized spacial score (nSPS) is 14.5. The van der Waals surface area contributed by atoms with Crippen molar-refractivity contribution in [2.45, 2.75) is 13.5 Å². The maximum atomic E-state index is 14.9. The van der Waals surface area contributed by atoms with Gasteiger partial charge in [0.25, 0.3) is 5.91 Å². The zero-order valence-corrected chi connectivity index (χ0v) is 23.2. The summed E-state index contributed by atoms with van der Waals surface area (Å²) >= 11 is 6.75. The van der Waals surface area contributed by atoms with Crippen LogP contribution in [0.15, 0.2) is 41.1 Å². The van der Waals surface area contributed by atoms with Crippen molar-refractivity contribution in [1.29, 1.82) is 0 Å². The predicted octanol–water partition coefficient (Wildman–Crippen LogP) is 2.89. The summed E-state index contributed by atoms with van der Waals surface area (Å²) in [5, 5.41) is 9.74. The second-order valence-electron chi connectivity index (χ2n) is 10.1. The number of nitrogen functional groups attached to an aromatic ring is 1. The molecule has 1 aliphatic rings. The molecule has 6 aromatic rings. The minimum Gasteiger partial charge on any atom is -0.368 e. The Balaban J connectivity index is 1.16. The largest absolute Gasteiger partial charge is 0.368 e. The van der Waals surface area contributed by atoms with Crippen molar-refractivity contribution in [3.8, 4) is 11.5 Å². The quantitative estimate of drug-likeness (QED) is 0.295. The Hall–Kier alpha value is -4.82. The first kappa shape index (κ1) is 26.1. The highest BCUT2D eigenvalue weighted by molar-refractivity contribution is 6.40. The Kier molecular flexibility index (Phi) is 6.17. The van der Waals surface area contributed by atoms with Crippen LogP contribution in [-0.2, 0) is 6.54 Å². The summed E-state index contributed by atoms with van der Waals surface area (Å²) in [4.78, 5) is 30.3. The monoisotopic (exact) mass is 589 g/mol. The molecule has 42 heavy (non-hydrogen) atoms. The van der Waals surface area contributed by atoms with E-state index in [-0.39, 0.29) is 22.5 Å². The van der Waals surface area contributed by atoms with E-state index in [9.17, 15) is 9.18 Å². The van der Waals surface area contributed by atoms with E-state index in [4.69, 9.17) is 27.6 Å². The molecule has 1 aromatic carbocycles. The van der Waals surface area contributed by atoms with Crippen LogP contribution in [0.4, 0.5) is 16.0 Å². The van der Waals surface area contributed by atoms with E-state index >= 15 is 0 Å². The molecule has 1 amide bonds. The lowest BCUT2D eigenvalue weighted by atomic mass is 10.1. The molecule has 4 N–H and O–H groups in total. The fraction of sp³-hybridized carbons (Fsp3) is 0.259. The van der Waals surface area contributed by atoms with Crippen LogP contribution in [0.25, 0.3) is 39.2 Å². The Morgan fingerprint density at radius 2 is 1.93 bits per heavy atom. The third kappa shape index (κ3) is 4.18. The molecule has 0 aliphatic carbocycles. The number of hydrogen-bond acceptors (Lipinski definition) is 10. The number of pyridine rings is 1. The predicted molar refractivity (Wildman–Crippen MR) is 155 cm³/mol. The molecular formula is C27H25ClFN11O2. The standard InChI is InChI=1S/C27H25ClFN11O2/c1-14-15-12-18(16(29)13-19(15)42-36-14)38-9-6-37(7-10-38)8-11-39-22(23(30)41)21(28)20-25(39)34-27(31)40-26(20)33-24(35-40)17-4-2-3-5-32-17/h2-5,12-13H,6-11H2,1H3,(H2,30,41)(H2,31,34). The minimum absolute atomic E-state index is 0.0780. The smallest absolute Gasteiger partial charge is 0.266 e. The first-order chi connectivity index (χ1) is 20.3. The first-order valence-corrected chi connectivity index (χ1v) is 13.7. The van der Waals surface area contributed by atoms with Crippen LogP contribution in [-0.4, -0.2) is 77.8 Å². The molecule has 214 valence electrons. The van der Waals surface area contributed by atoms with E-state index < -0.39 is 5.91 Å². The van der Waals surface area contributed by atoms with E-state index in [1.165, 1.54) is 10.6 Å². The van der Waals surface area contributed by atoms with Gasteiger partial charge in [0, 0.05) is 56.9 Å². The molecule has 5 aromatic heterocycles. The lowest BCUT2D eigenvalue weighted by molar-refractivity contribution is 0.0991. The van der Waals surface area contributed by atoms with Gasteiger partial charge in [-0.2, -0.15) is 9.50 Å². The van der Waals surface area contributed by atoms with Gasteiger partial charge in [0.15, 0.2) is 11.2 Å². The number of carbonyl (C=O) groups is 1. The number of fused-ring (bicyclic) bond motifs is 4.